The van der Waals surface area contributed by atoms with Gasteiger partial charge < -0.3 is 19.1 Å². The Morgan fingerprint density at radius 1 is 0.952 bits per heavy atom. The lowest BCUT2D eigenvalue weighted by Gasteiger charge is -2.11. The van der Waals surface area contributed by atoms with Crippen molar-refractivity contribution in [3.63, 3.8) is 0 Å². The van der Waals surface area contributed by atoms with E-state index in [0.717, 1.165) is 51.6 Å². The molecule has 0 bridgehead atoms. The number of carboxylic acids is 1. The van der Waals surface area contributed by atoms with Gasteiger partial charge in [0.05, 0.1) is 23.4 Å². The number of aryl methyl sites for hydroxylation is 1. The third kappa shape index (κ3) is 6.68. The van der Waals surface area contributed by atoms with Crippen LogP contribution in [0.2, 0.25) is 10.0 Å². The van der Waals surface area contributed by atoms with Crippen molar-refractivity contribution >= 4 is 41.3 Å². The molecule has 42 heavy (non-hydrogen) atoms. The van der Waals surface area contributed by atoms with Crippen LogP contribution in [-0.4, -0.2) is 27.7 Å². The Morgan fingerprint density at radius 2 is 1.74 bits per heavy atom. The fourth-order valence-corrected chi connectivity index (χ4v) is 5.03. The van der Waals surface area contributed by atoms with E-state index >= 15 is 0 Å². The van der Waals surface area contributed by atoms with Crippen molar-refractivity contribution in [2.45, 2.75) is 20.1 Å². The Bertz CT molecular complexity index is 1760. The zero-order chi connectivity index (χ0) is 29.6. The summed E-state index contributed by atoms with van der Waals surface area (Å²) in [5.41, 5.74) is 5.61. The molecule has 0 aliphatic rings. The van der Waals surface area contributed by atoms with Crippen molar-refractivity contribution in [1.82, 2.24) is 9.55 Å². The van der Waals surface area contributed by atoms with E-state index in [1.54, 1.807) is 43.5 Å². The summed E-state index contributed by atoms with van der Waals surface area (Å²) < 4.78 is 13.7. The van der Waals surface area contributed by atoms with Gasteiger partial charge >= 0.3 is 5.97 Å². The molecular formula is C34H28Cl2N2O4. The molecule has 0 unspecified atom stereocenters. The first-order valence-electron chi connectivity index (χ1n) is 13.3. The summed E-state index contributed by atoms with van der Waals surface area (Å²) in [7, 11) is 1.65. The number of benzene rings is 4. The molecule has 0 aliphatic heterocycles. The molecule has 0 fully saturated rings. The molecule has 0 spiro atoms. The van der Waals surface area contributed by atoms with Crippen molar-refractivity contribution in [3.05, 3.63) is 124 Å². The monoisotopic (exact) mass is 598 g/mol. The third-order valence-electron chi connectivity index (χ3n) is 6.77. The molecule has 1 aromatic heterocycles. The minimum atomic E-state index is -0.952. The predicted molar refractivity (Wildman–Crippen MR) is 168 cm³/mol. The van der Waals surface area contributed by atoms with Gasteiger partial charge in [-0.05, 0) is 90.4 Å². The Labute approximate surface area is 254 Å². The number of rotatable bonds is 10. The maximum Gasteiger partial charge on any atom is 0.335 e. The van der Waals surface area contributed by atoms with Crippen molar-refractivity contribution in [1.29, 1.82) is 0 Å². The standard InChI is InChI=1S/C34H28Cl2N2O4/c1-3-38-20-31(29-14-13-27(35)19-30(29)36)37-33(38)16-12-26-17-25(11-15-32(26)41-2)24-5-4-6-28(18-24)42-21-22-7-9-23(10-8-22)34(39)40/h4-20H,3,21H2,1-2H3,(H,39,40)/b16-12+. The molecule has 0 saturated carbocycles. The molecule has 8 heteroatoms. The van der Waals surface area contributed by atoms with Gasteiger partial charge in [0, 0.05) is 28.9 Å². The number of aromatic nitrogens is 2. The lowest BCUT2D eigenvalue weighted by atomic mass is 10.0. The summed E-state index contributed by atoms with van der Waals surface area (Å²) in [6, 6.07) is 25.9. The second-order valence-corrected chi connectivity index (χ2v) is 10.3. The molecule has 0 saturated heterocycles. The summed E-state index contributed by atoms with van der Waals surface area (Å²) in [5, 5.41) is 10.2. The zero-order valence-corrected chi connectivity index (χ0v) is 24.6. The van der Waals surface area contributed by atoms with Crippen LogP contribution in [0.25, 0.3) is 34.5 Å². The highest BCUT2D eigenvalue weighted by Gasteiger charge is 2.12. The van der Waals surface area contributed by atoms with Crippen LogP contribution in [0.5, 0.6) is 11.5 Å². The van der Waals surface area contributed by atoms with Gasteiger partial charge in [-0.3, -0.25) is 0 Å². The lowest BCUT2D eigenvalue weighted by Crippen LogP contribution is -1.99. The van der Waals surface area contributed by atoms with Gasteiger partial charge in [-0.1, -0.05) is 53.5 Å². The van der Waals surface area contributed by atoms with Crippen molar-refractivity contribution in [2.75, 3.05) is 7.11 Å². The number of carbonyl (C=O) groups is 1. The molecule has 6 nitrogen and oxygen atoms in total. The average Bonchev–Trinajstić information content (AvgIpc) is 3.42. The largest absolute Gasteiger partial charge is 0.496 e. The van der Waals surface area contributed by atoms with Crippen LogP contribution in [0.15, 0.2) is 91.1 Å². The van der Waals surface area contributed by atoms with Gasteiger partial charge in [-0.2, -0.15) is 0 Å². The van der Waals surface area contributed by atoms with E-state index in [1.165, 1.54) is 0 Å². The molecule has 0 atom stereocenters. The van der Waals surface area contributed by atoms with Crippen molar-refractivity contribution in [3.8, 4) is 33.9 Å². The van der Waals surface area contributed by atoms with Gasteiger partial charge in [0.2, 0.25) is 0 Å². The van der Waals surface area contributed by atoms with Gasteiger partial charge in [0.1, 0.15) is 23.9 Å². The summed E-state index contributed by atoms with van der Waals surface area (Å²) in [5.74, 6) is 1.29. The fraction of sp³-hybridized carbons (Fsp3) is 0.118. The first-order valence-corrected chi connectivity index (χ1v) is 14.0. The van der Waals surface area contributed by atoms with Crippen LogP contribution in [0, 0.1) is 0 Å². The van der Waals surface area contributed by atoms with Gasteiger partial charge in [-0.15, -0.1) is 0 Å². The Morgan fingerprint density at radius 3 is 2.45 bits per heavy atom. The number of methoxy groups -OCH3 is 1. The Balaban J connectivity index is 1.37. The first-order chi connectivity index (χ1) is 20.3. The number of carboxylic acid groups (broad SMARTS) is 1. The number of hydrogen-bond acceptors (Lipinski definition) is 4. The van der Waals surface area contributed by atoms with Crippen LogP contribution in [0.4, 0.5) is 0 Å². The van der Waals surface area contributed by atoms with Crippen LogP contribution in [0.3, 0.4) is 0 Å². The minimum absolute atomic E-state index is 0.246. The summed E-state index contributed by atoms with van der Waals surface area (Å²) in [4.78, 5) is 15.9. The number of ether oxygens (including phenoxy) is 2. The quantitative estimate of drug-likeness (QED) is 0.173. The Kier molecular flexibility index (Phi) is 8.96. The summed E-state index contributed by atoms with van der Waals surface area (Å²) in [6.07, 6.45) is 5.94. The topological polar surface area (TPSA) is 73.6 Å². The highest BCUT2D eigenvalue weighted by molar-refractivity contribution is 6.36. The molecule has 0 amide bonds. The van der Waals surface area contributed by atoms with Crippen LogP contribution >= 0.6 is 23.2 Å². The lowest BCUT2D eigenvalue weighted by molar-refractivity contribution is 0.0697. The third-order valence-corrected chi connectivity index (χ3v) is 7.32. The predicted octanol–water partition coefficient (Wildman–Crippen LogP) is 9.00. The van der Waals surface area contributed by atoms with E-state index in [1.807, 2.05) is 60.8 Å². The van der Waals surface area contributed by atoms with Crippen molar-refractivity contribution < 1.29 is 19.4 Å². The van der Waals surface area contributed by atoms with E-state index in [4.69, 9.17) is 42.8 Å². The molecule has 5 aromatic rings. The van der Waals surface area contributed by atoms with E-state index < -0.39 is 5.97 Å². The highest BCUT2D eigenvalue weighted by Crippen LogP contribution is 2.32. The summed E-state index contributed by atoms with van der Waals surface area (Å²) in [6.45, 7) is 3.13. The molecule has 212 valence electrons. The Hall–Kier alpha value is -4.52. The molecule has 1 N–H and O–H groups in total. The smallest absolute Gasteiger partial charge is 0.335 e. The van der Waals surface area contributed by atoms with Crippen molar-refractivity contribution in [2.24, 2.45) is 0 Å². The highest BCUT2D eigenvalue weighted by atomic mass is 35.5. The van der Waals surface area contributed by atoms with E-state index in [2.05, 4.69) is 17.6 Å². The second-order valence-electron chi connectivity index (χ2n) is 9.50. The average molecular weight is 600 g/mol. The fourth-order valence-electron chi connectivity index (χ4n) is 4.53. The molecule has 5 rings (SSSR count). The van der Waals surface area contributed by atoms with E-state index in [0.29, 0.717) is 22.4 Å². The number of aromatic carboxylic acids is 1. The maximum absolute atomic E-state index is 11.1. The SMILES string of the molecule is CCn1cc(-c2ccc(Cl)cc2Cl)nc1/C=C/c1cc(-c2cccc(OCc3ccc(C(=O)O)cc3)c2)ccc1OC. The van der Waals surface area contributed by atoms with Crippen LogP contribution < -0.4 is 9.47 Å². The molecular weight excluding hydrogens is 571 g/mol. The van der Waals surface area contributed by atoms with Gasteiger partial charge in [0.15, 0.2) is 0 Å². The minimum Gasteiger partial charge on any atom is -0.496 e. The number of nitrogens with zero attached hydrogens (tertiary/aromatic N) is 2. The number of hydrogen-bond donors (Lipinski definition) is 1. The molecule has 0 aliphatic carbocycles. The molecule has 1 heterocycles. The zero-order valence-electron chi connectivity index (χ0n) is 23.1. The first kappa shape index (κ1) is 29.0. The second kappa shape index (κ2) is 13.0. The van der Waals surface area contributed by atoms with Gasteiger partial charge in [0.25, 0.3) is 0 Å². The van der Waals surface area contributed by atoms with Gasteiger partial charge in [-0.25, -0.2) is 9.78 Å². The maximum atomic E-state index is 11.1. The number of halogens is 2. The van der Waals surface area contributed by atoms with Crippen LogP contribution in [0.1, 0.15) is 34.2 Å². The normalized spacial score (nSPS) is 11.1. The number of imidazole rings is 1. The summed E-state index contributed by atoms with van der Waals surface area (Å²) >= 11 is 12.5. The molecule has 4 aromatic carbocycles. The van der Waals surface area contributed by atoms with E-state index in [-0.39, 0.29) is 5.56 Å². The van der Waals surface area contributed by atoms with E-state index in [9.17, 15) is 4.79 Å². The molecule has 0 radical (unpaired) electrons. The van der Waals surface area contributed by atoms with Crippen LogP contribution in [-0.2, 0) is 13.2 Å².